The largest absolute Gasteiger partial charge is 0.445 e. The van der Waals surface area contributed by atoms with Crippen LogP contribution in [0.25, 0.3) is 0 Å². The highest BCUT2D eigenvalue weighted by molar-refractivity contribution is 5.94. The Bertz CT molecular complexity index is 737. The Hall–Kier alpha value is -2.93. The predicted octanol–water partition coefficient (Wildman–Crippen LogP) is 1.75. The predicted molar refractivity (Wildman–Crippen MR) is 89.3 cm³/mol. The van der Waals surface area contributed by atoms with Gasteiger partial charge in [-0.05, 0) is 23.6 Å². The maximum absolute atomic E-state index is 13.8. The number of carbonyl (C=O) groups excluding carboxylic acids is 2. The zero-order chi connectivity index (χ0) is 18.2. The summed E-state index contributed by atoms with van der Waals surface area (Å²) in [7, 11) is 0. The molecule has 2 aromatic rings. The summed E-state index contributed by atoms with van der Waals surface area (Å²) >= 11 is 0. The maximum atomic E-state index is 13.8. The van der Waals surface area contributed by atoms with Gasteiger partial charge in [0.2, 0.25) is 0 Å². The third kappa shape index (κ3) is 5.29. The highest BCUT2D eigenvalue weighted by Gasteiger charge is 2.19. The molecule has 0 aromatic heterocycles. The first kappa shape index (κ1) is 18.4. The van der Waals surface area contributed by atoms with Crippen molar-refractivity contribution in [2.45, 2.75) is 19.1 Å². The van der Waals surface area contributed by atoms with Crippen LogP contribution in [0.2, 0.25) is 0 Å². The molecule has 0 fully saturated rings. The van der Waals surface area contributed by atoms with E-state index in [-0.39, 0.29) is 18.6 Å². The summed E-state index contributed by atoms with van der Waals surface area (Å²) in [6.45, 7) is -0.327. The number of nitrogens with one attached hydrogen (secondary N) is 1. The number of rotatable bonds is 7. The molecule has 0 heterocycles. The summed E-state index contributed by atoms with van der Waals surface area (Å²) in [5, 5.41) is 11.9. The Labute approximate surface area is 144 Å². The normalized spacial score (nSPS) is 11.6. The Kier molecular flexibility index (Phi) is 6.47. The van der Waals surface area contributed by atoms with E-state index in [1.54, 1.807) is 0 Å². The first-order valence-electron chi connectivity index (χ1n) is 7.66. The molecule has 25 heavy (non-hydrogen) atoms. The summed E-state index contributed by atoms with van der Waals surface area (Å²) in [6.07, 6.45) is -0.688. The molecule has 0 saturated carbocycles. The minimum atomic E-state index is -0.906. The lowest BCUT2D eigenvalue weighted by molar-refractivity contribution is 0.0995. The smallest absolute Gasteiger partial charge is 0.407 e. The third-order valence-corrected chi connectivity index (χ3v) is 3.57. The number of ether oxygens (including phenoxy) is 1. The summed E-state index contributed by atoms with van der Waals surface area (Å²) in [4.78, 5) is 23.3. The van der Waals surface area contributed by atoms with E-state index in [2.05, 4.69) is 5.32 Å². The van der Waals surface area contributed by atoms with Crippen LogP contribution in [-0.4, -0.2) is 29.8 Å². The molecule has 6 nitrogen and oxygen atoms in total. The van der Waals surface area contributed by atoms with Crippen LogP contribution in [0.15, 0.2) is 48.5 Å². The Balaban J connectivity index is 1.97. The van der Waals surface area contributed by atoms with E-state index in [0.717, 1.165) is 11.6 Å². The van der Waals surface area contributed by atoms with Crippen molar-refractivity contribution >= 4 is 12.0 Å². The standard InChI is InChI=1S/C18H19FN2O4/c19-15-8-4-7-13(16(15)17(20)23)9-14(10-22)21-18(24)25-11-12-5-2-1-3-6-12/h1-8,14,22H,9-11H2,(H2,20,23)(H,21,24). The molecule has 0 saturated heterocycles. The second kappa shape index (κ2) is 8.79. The SMILES string of the molecule is NC(=O)c1c(F)cccc1CC(CO)NC(=O)OCc1ccccc1. The number of hydrogen-bond acceptors (Lipinski definition) is 4. The third-order valence-electron chi connectivity index (χ3n) is 3.57. The zero-order valence-corrected chi connectivity index (χ0v) is 13.4. The molecule has 1 unspecified atom stereocenters. The van der Waals surface area contributed by atoms with Crippen molar-refractivity contribution in [3.63, 3.8) is 0 Å². The molecule has 0 bridgehead atoms. The lowest BCUT2D eigenvalue weighted by atomic mass is 9.99. The quantitative estimate of drug-likeness (QED) is 0.711. The highest BCUT2D eigenvalue weighted by atomic mass is 19.1. The molecule has 2 amide bonds. The molecule has 0 aliphatic carbocycles. The number of benzene rings is 2. The van der Waals surface area contributed by atoms with Gasteiger partial charge in [-0.25, -0.2) is 9.18 Å². The monoisotopic (exact) mass is 346 g/mol. The van der Waals surface area contributed by atoms with E-state index in [1.807, 2.05) is 30.3 Å². The molecule has 0 aliphatic rings. The molecular weight excluding hydrogens is 327 g/mol. The van der Waals surface area contributed by atoms with Crippen LogP contribution in [0.3, 0.4) is 0 Å². The lowest BCUT2D eigenvalue weighted by Gasteiger charge is -2.18. The summed E-state index contributed by atoms with van der Waals surface area (Å²) in [5.41, 5.74) is 6.06. The highest BCUT2D eigenvalue weighted by Crippen LogP contribution is 2.15. The number of aliphatic hydroxyl groups excluding tert-OH is 1. The van der Waals surface area contributed by atoms with Crippen molar-refractivity contribution in [3.8, 4) is 0 Å². The molecule has 132 valence electrons. The Morgan fingerprint density at radius 2 is 1.88 bits per heavy atom. The first-order valence-corrected chi connectivity index (χ1v) is 7.66. The summed E-state index contributed by atoms with van der Waals surface area (Å²) in [5.74, 6) is -1.65. The van der Waals surface area contributed by atoms with E-state index in [9.17, 15) is 19.1 Å². The van der Waals surface area contributed by atoms with Crippen LogP contribution in [0, 0.1) is 5.82 Å². The molecule has 0 radical (unpaired) electrons. The fourth-order valence-electron chi connectivity index (χ4n) is 2.37. The van der Waals surface area contributed by atoms with Crippen molar-refractivity contribution in [1.82, 2.24) is 5.32 Å². The number of primary amides is 1. The topological polar surface area (TPSA) is 102 Å². The van der Waals surface area contributed by atoms with Crippen LogP contribution < -0.4 is 11.1 Å². The Morgan fingerprint density at radius 3 is 2.52 bits per heavy atom. The van der Waals surface area contributed by atoms with Gasteiger partial charge in [0, 0.05) is 0 Å². The number of carbonyl (C=O) groups is 2. The maximum Gasteiger partial charge on any atom is 0.407 e. The number of amides is 2. The lowest BCUT2D eigenvalue weighted by Crippen LogP contribution is -2.39. The van der Waals surface area contributed by atoms with Crippen molar-refractivity contribution < 1.29 is 23.8 Å². The number of nitrogens with two attached hydrogens (primary N) is 1. The molecule has 7 heteroatoms. The second-order valence-corrected chi connectivity index (χ2v) is 5.43. The van der Waals surface area contributed by atoms with Gasteiger partial charge in [0.05, 0.1) is 18.2 Å². The van der Waals surface area contributed by atoms with E-state index in [1.165, 1.54) is 12.1 Å². The van der Waals surface area contributed by atoms with Gasteiger partial charge in [-0.15, -0.1) is 0 Å². The van der Waals surface area contributed by atoms with Gasteiger partial charge in [0.15, 0.2) is 0 Å². The number of hydrogen-bond donors (Lipinski definition) is 3. The summed E-state index contributed by atoms with van der Waals surface area (Å²) in [6, 6.07) is 12.4. The molecule has 0 aliphatic heterocycles. The molecule has 2 aromatic carbocycles. The van der Waals surface area contributed by atoms with Crippen LogP contribution in [-0.2, 0) is 17.8 Å². The van der Waals surface area contributed by atoms with Crippen molar-refractivity contribution in [3.05, 3.63) is 71.0 Å². The number of aliphatic hydroxyl groups is 1. The summed E-state index contributed by atoms with van der Waals surface area (Å²) < 4.78 is 18.8. The number of halogens is 1. The van der Waals surface area contributed by atoms with Gasteiger partial charge in [0.1, 0.15) is 12.4 Å². The van der Waals surface area contributed by atoms with E-state index < -0.39 is 30.5 Å². The van der Waals surface area contributed by atoms with Crippen LogP contribution in [0.1, 0.15) is 21.5 Å². The van der Waals surface area contributed by atoms with E-state index in [4.69, 9.17) is 10.5 Å². The molecule has 0 spiro atoms. The fraction of sp³-hybridized carbons (Fsp3) is 0.222. The average Bonchev–Trinajstić information content (AvgIpc) is 2.60. The van der Waals surface area contributed by atoms with Crippen molar-refractivity contribution in [2.24, 2.45) is 5.73 Å². The second-order valence-electron chi connectivity index (χ2n) is 5.43. The Morgan fingerprint density at radius 1 is 1.16 bits per heavy atom. The van der Waals surface area contributed by atoms with Gasteiger partial charge in [-0.2, -0.15) is 0 Å². The first-order chi connectivity index (χ1) is 12.0. The fourth-order valence-corrected chi connectivity index (χ4v) is 2.37. The molecular formula is C18H19FN2O4. The van der Waals surface area contributed by atoms with Crippen LogP contribution in [0.5, 0.6) is 0 Å². The van der Waals surface area contributed by atoms with Crippen molar-refractivity contribution in [1.29, 1.82) is 0 Å². The zero-order valence-electron chi connectivity index (χ0n) is 13.4. The van der Waals surface area contributed by atoms with Gasteiger partial charge >= 0.3 is 6.09 Å². The van der Waals surface area contributed by atoms with Crippen LogP contribution >= 0.6 is 0 Å². The molecule has 4 N–H and O–H groups in total. The minimum Gasteiger partial charge on any atom is -0.445 e. The average molecular weight is 346 g/mol. The molecule has 1 atom stereocenters. The van der Waals surface area contributed by atoms with Crippen molar-refractivity contribution in [2.75, 3.05) is 6.61 Å². The van der Waals surface area contributed by atoms with Gasteiger partial charge in [-0.1, -0.05) is 42.5 Å². The van der Waals surface area contributed by atoms with Gasteiger partial charge < -0.3 is 20.9 Å². The minimum absolute atomic E-state index is 0.0347. The van der Waals surface area contributed by atoms with Gasteiger partial charge in [-0.3, -0.25) is 4.79 Å². The van der Waals surface area contributed by atoms with Crippen LogP contribution in [0.4, 0.5) is 9.18 Å². The van der Waals surface area contributed by atoms with E-state index >= 15 is 0 Å². The molecule has 2 rings (SSSR count). The van der Waals surface area contributed by atoms with Gasteiger partial charge in [0.25, 0.3) is 5.91 Å². The van der Waals surface area contributed by atoms with E-state index in [0.29, 0.717) is 5.56 Å². The number of alkyl carbamates (subject to hydrolysis) is 1.